The van der Waals surface area contributed by atoms with Crippen LogP contribution in [0.2, 0.25) is 0 Å². The molecule has 4 aromatic rings. The molecule has 6 nitrogen and oxygen atoms in total. The van der Waals surface area contributed by atoms with E-state index in [0.717, 1.165) is 46.3 Å². The van der Waals surface area contributed by atoms with Crippen LogP contribution in [0.15, 0.2) is 54.9 Å². The lowest BCUT2D eigenvalue weighted by Crippen LogP contribution is -2.38. The first-order chi connectivity index (χ1) is 14.7. The summed E-state index contributed by atoms with van der Waals surface area (Å²) in [6.45, 7) is 3.05. The second kappa shape index (κ2) is 8.10. The molecule has 1 saturated heterocycles. The first-order valence-corrected chi connectivity index (χ1v) is 10.8. The van der Waals surface area contributed by atoms with Crippen molar-refractivity contribution in [2.24, 2.45) is 0 Å². The van der Waals surface area contributed by atoms with Gasteiger partial charge in [0.05, 0.1) is 18.2 Å². The maximum atomic E-state index is 12.5. The fraction of sp³-hybridized carbons (Fsp3) is 0.261. The number of rotatable bonds is 4. The minimum absolute atomic E-state index is 0.0873. The van der Waals surface area contributed by atoms with E-state index < -0.39 is 0 Å². The number of thiophene rings is 1. The number of carbonyl (C=O) groups excluding carboxylic acids is 1. The van der Waals surface area contributed by atoms with Gasteiger partial charge in [-0.05, 0) is 29.8 Å². The number of morpholine rings is 1. The van der Waals surface area contributed by atoms with Gasteiger partial charge in [-0.1, -0.05) is 18.2 Å². The van der Waals surface area contributed by atoms with Gasteiger partial charge < -0.3 is 10.1 Å². The van der Waals surface area contributed by atoms with Crippen LogP contribution in [-0.2, 0) is 11.3 Å². The number of hydrogen-bond donors (Lipinski definition) is 1. The predicted molar refractivity (Wildman–Crippen MR) is 119 cm³/mol. The number of nitrogens with zero attached hydrogens (tertiary/aromatic N) is 3. The van der Waals surface area contributed by atoms with Crippen LogP contribution < -0.4 is 5.32 Å². The molecule has 7 heteroatoms. The van der Waals surface area contributed by atoms with Crippen molar-refractivity contribution < 1.29 is 9.53 Å². The number of amides is 1. The van der Waals surface area contributed by atoms with Gasteiger partial charge in [0.1, 0.15) is 9.71 Å². The van der Waals surface area contributed by atoms with Gasteiger partial charge in [0.25, 0.3) is 5.91 Å². The Kier molecular flexibility index (Phi) is 5.16. The van der Waals surface area contributed by atoms with Gasteiger partial charge >= 0.3 is 0 Å². The lowest BCUT2D eigenvalue weighted by Gasteiger charge is -2.33. The number of benzene rings is 1. The monoisotopic (exact) mass is 418 g/mol. The lowest BCUT2D eigenvalue weighted by molar-refractivity contribution is -0.0323. The molecular weight excluding hydrogens is 396 g/mol. The zero-order valence-electron chi connectivity index (χ0n) is 16.7. The summed E-state index contributed by atoms with van der Waals surface area (Å²) in [7, 11) is 1.66. The molecule has 1 aliphatic heterocycles. The van der Waals surface area contributed by atoms with Crippen LogP contribution in [-0.4, -0.2) is 47.5 Å². The molecule has 152 valence electrons. The molecule has 0 aliphatic carbocycles. The smallest absolute Gasteiger partial charge is 0.261 e. The van der Waals surface area contributed by atoms with Crippen molar-refractivity contribution >= 4 is 38.4 Å². The maximum Gasteiger partial charge on any atom is 0.261 e. The highest BCUT2D eigenvalue weighted by Gasteiger charge is 2.29. The molecule has 1 aliphatic rings. The van der Waals surface area contributed by atoms with Crippen LogP contribution in [0.1, 0.15) is 26.9 Å². The van der Waals surface area contributed by atoms with Gasteiger partial charge in [-0.2, -0.15) is 0 Å². The van der Waals surface area contributed by atoms with Crippen LogP contribution in [0.5, 0.6) is 0 Å². The maximum absolute atomic E-state index is 12.5. The van der Waals surface area contributed by atoms with E-state index in [1.807, 2.05) is 24.4 Å². The lowest BCUT2D eigenvalue weighted by atomic mass is 10.0. The van der Waals surface area contributed by atoms with E-state index in [1.165, 1.54) is 16.9 Å². The van der Waals surface area contributed by atoms with E-state index in [0.29, 0.717) is 11.5 Å². The van der Waals surface area contributed by atoms with Crippen molar-refractivity contribution in [1.29, 1.82) is 0 Å². The molecule has 0 spiro atoms. The fourth-order valence-electron chi connectivity index (χ4n) is 4.06. The molecule has 1 N–H and O–H groups in total. The Labute approximate surface area is 178 Å². The van der Waals surface area contributed by atoms with Crippen molar-refractivity contribution in [3.63, 3.8) is 0 Å². The minimum Gasteiger partial charge on any atom is -0.371 e. The second-order valence-corrected chi connectivity index (χ2v) is 8.40. The summed E-state index contributed by atoms with van der Waals surface area (Å²) in [6.07, 6.45) is 3.42. The van der Waals surface area contributed by atoms with Crippen molar-refractivity contribution in [3.8, 4) is 0 Å². The van der Waals surface area contributed by atoms with Gasteiger partial charge in [0.2, 0.25) is 0 Å². The molecule has 1 aromatic carbocycles. The quantitative estimate of drug-likeness (QED) is 0.546. The number of aromatic nitrogens is 2. The third kappa shape index (κ3) is 3.56. The van der Waals surface area contributed by atoms with E-state index in [2.05, 4.69) is 44.5 Å². The minimum atomic E-state index is -0.161. The summed E-state index contributed by atoms with van der Waals surface area (Å²) in [5.74, 6) is -0.0873. The fourth-order valence-corrected chi connectivity index (χ4v) is 5.20. The number of fused-ring (bicyclic) bond motifs is 2. The molecule has 0 radical (unpaired) electrons. The molecule has 3 aromatic heterocycles. The summed E-state index contributed by atoms with van der Waals surface area (Å²) in [4.78, 5) is 25.3. The van der Waals surface area contributed by atoms with Crippen molar-refractivity contribution in [3.05, 3.63) is 70.9 Å². The molecule has 0 saturated carbocycles. The van der Waals surface area contributed by atoms with E-state index in [-0.39, 0.29) is 12.0 Å². The van der Waals surface area contributed by atoms with E-state index in [1.54, 1.807) is 13.2 Å². The Morgan fingerprint density at radius 2 is 2.10 bits per heavy atom. The van der Waals surface area contributed by atoms with Crippen LogP contribution in [0, 0.1) is 0 Å². The van der Waals surface area contributed by atoms with Crippen LogP contribution in [0.3, 0.4) is 0 Å². The number of nitrogens with one attached hydrogen (secondary N) is 1. The molecule has 5 rings (SSSR count). The Bertz CT molecular complexity index is 1220. The van der Waals surface area contributed by atoms with E-state index >= 15 is 0 Å². The Morgan fingerprint density at radius 1 is 1.23 bits per heavy atom. The zero-order valence-corrected chi connectivity index (χ0v) is 17.5. The zero-order chi connectivity index (χ0) is 20.5. The highest BCUT2D eigenvalue weighted by molar-refractivity contribution is 7.20. The summed E-state index contributed by atoms with van der Waals surface area (Å²) in [6, 6.07) is 14.4. The number of ether oxygens (including phenoxy) is 1. The molecule has 0 bridgehead atoms. The Balaban J connectivity index is 1.43. The molecule has 1 amide bonds. The van der Waals surface area contributed by atoms with Gasteiger partial charge in [0.15, 0.2) is 0 Å². The standard InChI is InChI=1S/C23H22N4O2S/c1-24-22(28)21-20(17-5-3-9-26-23(17)30-21)19-14-27(10-11-29-19)13-15-6-7-18-16(12-15)4-2-8-25-18/h2-9,12,19H,10-11,13-14H2,1H3,(H,24,28). The van der Waals surface area contributed by atoms with Crippen LogP contribution in [0.25, 0.3) is 21.1 Å². The molecule has 1 unspecified atom stereocenters. The Hall–Kier alpha value is -2.87. The van der Waals surface area contributed by atoms with Gasteiger partial charge in [-0.25, -0.2) is 4.98 Å². The third-order valence-corrected chi connectivity index (χ3v) is 6.61. The average Bonchev–Trinajstić information content (AvgIpc) is 3.18. The molecular formula is C23H22N4O2S. The van der Waals surface area contributed by atoms with Crippen LogP contribution in [0.4, 0.5) is 0 Å². The first kappa shape index (κ1) is 19.1. The first-order valence-electron chi connectivity index (χ1n) is 10.00. The highest BCUT2D eigenvalue weighted by atomic mass is 32.1. The van der Waals surface area contributed by atoms with Gasteiger partial charge in [0, 0.05) is 55.4 Å². The van der Waals surface area contributed by atoms with E-state index in [4.69, 9.17) is 4.74 Å². The van der Waals surface area contributed by atoms with Crippen molar-refractivity contribution in [2.75, 3.05) is 26.7 Å². The van der Waals surface area contributed by atoms with Gasteiger partial charge in [-0.15, -0.1) is 11.3 Å². The number of carbonyl (C=O) groups is 1. The molecule has 1 atom stereocenters. The SMILES string of the molecule is CNC(=O)c1sc2ncccc2c1C1CN(Cc2ccc3ncccc3c2)CCO1. The van der Waals surface area contributed by atoms with Crippen molar-refractivity contribution in [1.82, 2.24) is 20.2 Å². The number of hydrogen-bond acceptors (Lipinski definition) is 6. The molecule has 1 fully saturated rings. The number of pyridine rings is 2. The highest BCUT2D eigenvalue weighted by Crippen LogP contribution is 2.37. The third-order valence-electron chi connectivity index (χ3n) is 5.48. The summed E-state index contributed by atoms with van der Waals surface area (Å²) >= 11 is 1.43. The summed E-state index contributed by atoms with van der Waals surface area (Å²) < 4.78 is 6.15. The van der Waals surface area contributed by atoms with Crippen LogP contribution >= 0.6 is 11.3 Å². The predicted octanol–water partition coefficient (Wildman–Crippen LogP) is 3.78. The normalized spacial score (nSPS) is 17.4. The second-order valence-electron chi connectivity index (χ2n) is 7.41. The topological polar surface area (TPSA) is 67.4 Å². The summed E-state index contributed by atoms with van der Waals surface area (Å²) in [5, 5.41) is 4.91. The van der Waals surface area contributed by atoms with E-state index in [9.17, 15) is 4.79 Å². The molecule has 30 heavy (non-hydrogen) atoms. The largest absolute Gasteiger partial charge is 0.371 e. The average molecular weight is 419 g/mol. The molecule has 4 heterocycles. The van der Waals surface area contributed by atoms with Crippen molar-refractivity contribution in [2.45, 2.75) is 12.6 Å². The van der Waals surface area contributed by atoms with Gasteiger partial charge in [-0.3, -0.25) is 14.7 Å². The Morgan fingerprint density at radius 3 is 3.00 bits per heavy atom. The summed E-state index contributed by atoms with van der Waals surface area (Å²) in [5.41, 5.74) is 3.21.